The Labute approximate surface area is 148 Å². The summed E-state index contributed by atoms with van der Waals surface area (Å²) in [6.07, 6.45) is 6.20. The topological polar surface area (TPSA) is 70.4 Å². The van der Waals surface area contributed by atoms with Crippen molar-refractivity contribution in [3.63, 3.8) is 0 Å². The van der Waals surface area contributed by atoms with Gasteiger partial charge < -0.3 is 13.8 Å². The van der Waals surface area contributed by atoms with E-state index in [9.17, 15) is 4.39 Å². The van der Waals surface area contributed by atoms with Gasteiger partial charge in [-0.2, -0.15) is 10.1 Å². The van der Waals surface area contributed by atoms with Gasteiger partial charge in [0.2, 0.25) is 0 Å². The molecule has 26 heavy (non-hydrogen) atoms. The maximum Gasteiger partial charge on any atom is 0.263 e. The van der Waals surface area contributed by atoms with Crippen LogP contribution in [-0.2, 0) is 17.2 Å². The third-order valence-corrected chi connectivity index (χ3v) is 5.04. The van der Waals surface area contributed by atoms with Crippen molar-refractivity contribution in [1.82, 2.24) is 24.3 Å². The van der Waals surface area contributed by atoms with Gasteiger partial charge in [0.25, 0.3) is 5.89 Å². The first-order chi connectivity index (χ1) is 12.7. The number of hydrogen-bond donors (Lipinski definition) is 0. The number of aryl methyl sites for hydroxylation is 1. The van der Waals surface area contributed by atoms with E-state index in [0.717, 1.165) is 16.8 Å². The van der Waals surface area contributed by atoms with E-state index in [2.05, 4.69) is 15.2 Å². The fraction of sp³-hybridized carbons (Fsp3) is 0.278. The zero-order valence-corrected chi connectivity index (χ0v) is 14.1. The lowest BCUT2D eigenvalue weighted by Crippen LogP contribution is -2.29. The molecule has 1 fully saturated rings. The van der Waals surface area contributed by atoms with Gasteiger partial charge in [-0.1, -0.05) is 17.3 Å². The molecular weight excluding hydrogens is 337 g/mol. The summed E-state index contributed by atoms with van der Waals surface area (Å²) >= 11 is 0. The molecule has 1 aromatic carbocycles. The van der Waals surface area contributed by atoms with Crippen LogP contribution in [0.4, 0.5) is 4.39 Å². The molecule has 3 aromatic heterocycles. The van der Waals surface area contributed by atoms with Crippen LogP contribution in [-0.4, -0.2) is 37.5 Å². The van der Waals surface area contributed by atoms with E-state index in [0.29, 0.717) is 31.3 Å². The summed E-state index contributed by atoms with van der Waals surface area (Å²) in [5.74, 6) is 0.679. The molecule has 4 heterocycles. The van der Waals surface area contributed by atoms with Crippen molar-refractivity contribution in [2.45, 2.75) is 11.8 Å². The van der Waals surface area contributed by atoms with Crippen LogP contribution in [0.3, 0.4) is 0 Å². The van der Waals surface area contributed by atoms with Crippen molar-refractivity contribution in [3.8, 4) is 11.5 Å². The number of rotatable bonds is 3. The monoisotopic (exact) mass is 353 g/mol. The Hall–Kier alpha value is -3.00. The molecule has 0 amide bonds. The Kier molecular flexibility index (Phi) is 3.23. The van der Waals surface area contributed by atoms with Crippen LogP contribution in [0.1, 0.15) is 17.8 Å². The quantitative estimate of drug-likeness (QED) is 0.566. The van der Waals surface area contributed by atoms with E-state index in [1.54, 1.807) is 22.8 Å². The summed E-state index contributed by atoms with van der Waals surface area (Å²) < 4.78 is 28.3. The lowest BCUT2D eigenvalue weighted by Gasteiger charge is -2.23. The first-order valence-corrected chi connectivity index (χ1v) is 8.34. The van der Waals surface area contributed by atoms with Gasteiger partial charge in [0.15, 0.2) is 5.82 Å². The van der Waals surface area contributed by atoms with Crippen molar-refractivity contribution in [2.24, 2.45) is 7.05 Å². The lowest BCUT2D eigenvalue weighted by atomic mass is 9.79. The second-order valence-corrected chi connectivity index (χ2v) is 6.55. The van der Waals surface area contributed by atoms with E-state index < -0.39 is 5.41 Å². The molecule has 0 spiro atoms. The molecule has 0 aliphatic carbocycles. The molecule has 132 valence electrons. The Balaban J connectivity index is 1.61. The van der Waals surface area contributed by atoms with Gasteiger partial charge in [0.1, 0.15) is 17.0 Å². The number of ether oxygens (including phenoxy) is 1. The molecule has 1 aliphatic rings. The van der Waals surface area contributed by atoms with E-state index in [4.69, 9.17) is 9.26 Å². The lowest BCUT2D eigenvalue weighted by molar-refractivity contribution is 0.182. The van der Waals surface area contributed by atoms with Crippen LogP contribution >= 0.6 is 0 Å². The summed E-state index contributed by atoms with van der Waals surface area (Å²) in [6, 6.07) is 6.41. The van der Waals surface area contributed by atoms with Gasteiger partial charge in [-0.3, -0.25) is 0 Å². The van der Waals surface area contributed by atoms with E-state index >= 15 is 0 Å². The minimum atomic E-state index is -0.532. The summed E-state index contributed by atoms with van der Waals surface area (Å²) in [5.41, 5.74) is 2.03. The molecule has 5 rings (SSSR count). The van der Waals surface area contributed by atoms with Crippen molar-refractivity contribution < 1.29 is 13.7 Å². The predicted molar refractivity (Wildman–Crippen MR) is 90.1 cm³/mol. The van der Waals surface area contributed by atoms with Gasteiger partial charge in [-0.15, -0.1) is 0 Å². The van der Waals surface area contributed by atoms with Crippen LogP contribution in [0.25, 0.3) is 17.1 Å². The number of nitrogens with zero attached hydrogens (tertiary/aromatic N) is 5. The molecular formula is C18H16FN5O2. The van der Waals surface area contributed by atoms with Crippen LogP contribution in [0.15, 0.2) is 47.4 Å². The second kappa shape index (κ2) is 5.50. The van der Waals surface area contributed by atoms with Gasteiger partial charge in [-0.25, -0.2) is 8.91 Å². The normalized spacial score (nSPS) is 20.2. The highest BCUT2D eigenvalue weighted by atomic mass is 19.1. The third kappa shape index (κ3) is 2.12. The van der Waals surface area contributed by atoms with Crippen LogP contribution in [0, 0.1) is 5.82 Å². The zero-order chi connectivity index (χ0) is 17.7. The first kappa shape index (κ1) is 15.3. The highest BCUT2D eigenvalue weighted by Crippen LogP contribution is 2.39. The van der Waals surface area contributed by atoms with Crippen molar-refractivity contribution in [2.75, 3.05) is 13.2 Å². The molecule has 4 aromatic rings. The van der Waals surface area contributed by atoms with Crippen LogP contribution < -0.4 is 0 Å². The molecule has 0 saturated carbocycles. The molecule has 0 radical (unpaired) electrons. The SMILES string of the molecule is Cn1ccn2ncc(-c3nc([C@]4(c5ccc(F)cc5)CCOC4)no3)c12. The Morgan fingerprint density at radius 2 is 2.04 bits per heavy atom. The largest absolute Gasteiger partial charge is 0.380 e. The van der Waals surface area contributed by atoms with E-state index in [-0.39, 0.29) is 5.82 Å². The number of halogens is 1. The minimum absolute atomic E-state index is 0.275. The van der Waals surface area contributed by atoms with Crippen molar-refractivity contribution in [3.05, 3.63) is 60.1 Å². The average molecular weight is 353 g/mol. The fourth-order valence-electron chi connectivity index (χ4n) is 3.60. The Morgan fingerprint density at radius 1 is 1.19 bits per heavy atom. The number of hydrogen-bond acceptors (Lipinski definition) is 5. The summed E-state index contributed by atoms with van der Waals surface area (Å²) in [5, 5.41) is 8.55. The summed E-state index contributed by atoms with van der Waals surface area (Å²) in [6.45, 7) is 1.03. The number of fused-ring (bicyclic) bond motifs is 1. The highest BCUT2D eigenvalue weighted by molar-refractivity contribution is 5.71. The van der Waals surface area contributed by atoms with Crippen molar-refractivity contribution >= 4 is 5.65 Å². The molecule has 0 unspecified atom stereocenters. The minimum Gasteiger partial charge on any atom is -0.380 e. The first-order valence-electron chi connectivity index (χ1n) is 8.34. The van der Waals surface area contributed by atoms with E-state index in [1.807, 2.05) is 24.0 Å². The van der Waals surface area contributed by atoms with Gasteiger partial charge >= 0.3 is 0 Å². The third-order valence-electron chi connectivity index (χ3n) is 5.04. The second-order valence-electron chi connectivity index (χ2n) is 6.55. The van der Waals surface area contributed by atoms with Crippen molar-refractivity contribution in [1.29, 1.82) is 0 Å². The van der Waals surface area contributed by atoms with Gasteiger partial charge in [-0.05, 0) is 24.1 Å². The molecule has 1 atom stereocenters. The maximum atomic E-state index is 13.4. The van der Waals surface area contributed by atoms with Gasteiger partial charge in [0, 0.05) is 26.0 Å². The number of benzene rings is 1. The Bertz CT molecular complexity index is 1070. The smallest absolute Gasteiger partial charge is 0.263 e. The Morgan fingerprint density at radius 3 is 2.81 bits per heavy atom. The summed E-state index contributed by atoms with van der Waals surface area (Å²) in [7, 11) is 1.93. The molecule has 0 N–H and O–H groups in total. The number of imidazole rings is 1. The molecule has 1 saturated heterocycles. The molecule has 1 aliphatic heterocycles. The van der Waals surface area contributed by atoms with Crippen LogP contribution in [0.2, 0.25) is 0 Å². The molecule has 8 heteroatoms. The van der Waals surface area contributed by atoms with Crippen LogP contribution in [0.5, 0.6) is 0 Å². The average Bonchev–Trinajstić information content (AvgIpc) is 3.41. The standard InChI is InChI=1S/C18H16FN5O2/c1-23-7-8-24-16(23)14(10-20-24)15-21-17(22-26-15)18(6-9-25-11-18)12-2-4-13(19)5-3-12/h2-5,7-8,10H,6,9,11H2,1H3/t18-/m1/s1. The van der Waals surface area contributed by atoms with Gasteiger partial charge in [0.05, 0.1) is 18.2 Å². The van der Waals surface area contributed by atoms with E-state index in [1.165, 1.54) is 12.1 Å². The summed E-state index contributed by atoms with van der Waals surface area (Å²) in [4.78, 5) is 4.66. The zero-order valence-electron chi connectivity index (χ0n) is 14.1. The molecule has 0 bridgehead atoms. The maximum absolute atomic E-state index is 13.4. The highest BCUT2D eigenvalue weighted by Gasteiger charge is 2.43. The molecule has 7 nitrogen and oxygen atoms in total. The predicted octanol–water partition coefficient (Wildman–Crippen LogP) is 2.57. The fourth-order valence-corrected chi connectivity index (χ4v) is 3.60. The number of aromatic nitrogens is 5.